The predicted molar refractivity (Wildman–Crippen MR) is 91.3 cm³/mol. The van der Waals surface area contributed by atoms with Crippen LogP contribution in [0.2, 0.25) is 0 Å². The van der Waals surface area contributed by atoms with Gasteiger partial charge in [0.1, 0.15) is 0 Å². The van der Waals surface area contributed by atoms with Crippen LogP contribution in [0.15, 0.2) is 0 Å². The first-order valence-electron chi connectivity index (χ1n) is 9.31. The minimum atomic E-state index is 0.618. The zero-order chi connectivity index (χ0) is 14.8. The van der Waals surface area contributed by atoms with Gasteiger partial charge in [0, 0.05) is 6.04 Å². The molecule has 120 valence electrons. The van der Waals surface area contributed by atoms with Crippen LogP contribution in [0, 0.1) is 5.41 Å². The maximum Gasteiger partial charge on any atom is 0.00928 e. The summed E-state index contributed by atoms with van der Waals surface area (Å²) >= 11 is 0. The molecule has 1 fully saturated rings. The lowest BCUT2D eigenvalue weighted by atomic mass is 9.75. The van der Waals surface area contributed by atoms with Gasteiger partial charge in [-0.25, -0.2) is 0 Å². The average molecular weight is 282 g/mol. The molecule has 1 nitrogen and oxygen atoms in total. The fourth-order valence-electron chi connectivity index (χ4n) is 3.82. The van der Waals surface area contributed by atoms with Crippen LogP contribution >= 0.6 is 0 Å². The summed E-state index contributed by atoms with van der Waals surface area (Å²) in [5.41, 5.74) is 0.618. The highest BCUT2D eigenvalue weighted by atomic mass is 15.1. The molecule has 2 unspecified atom stereocenters. The van der Waals surface area contributed by atoms with Crippen molar-refractivity contribution in [1.82, 2.24) is 4.90 Å². The SMILES string of the molecule is CCCCCCC(C)(CCCC)CCC1CCCN1C. The molecule has 2 atom stereocenters. The zero-order valence-corrected chi connectivity index (χ0v) is 14.7. The van der Waals surface area contributed by atoms with Crippen molar-refractivity contribution in [2.45, 2.75) is 104 Å². The molecule has 1 aliphatic rings. The third-order valence-electron chi connectivity index (χ3n) is 5.52. The van der Waals surface area contributed by atoms with Gasteiger partial charge < -0.3 is 4.90 Å². The van der Waals surface area contributed by atoms with Crippen molar-refractivity contribution < 1.29 is 0 Å². The molecule has 0 saturated carbocycles. The summed E-state index contributed by atoms with van der Waals surface area (Å²) in [7, 11) is 2.32. The van der Waals surface area contributed by atoms with Crippen LogP contribution in [0.1, 0.15) is 97.8 Å². The van der Waals surface area contributed by atoms with E-state index in [4.69, 9.17) is 0 Å². The Morgan fingerprint density at radius 3 is 2.25 bits per heavy atom. The van der Waals surface area contributed by atoms with Crippen LogP contribution in [-0.2, 0) is 0 Å². The van der Waals surface area contributed by atoms with E-state index in [0.717, 1.165) is 6.04 Å². The van der Waals surface area contributed by atoms with E-state index in [1.54, 1.807) is 0 Å². The second kappa shape index (κ2) is 9.82. The van der Waals surface area contributed by atoms with Gasteiger partial charge in [0.25, 0.3) is 0 Å². The molecule has 0 aromatic rings. The van der Waals surface area contributed by atoms with E-state index in [9.17, 15) is 0 Å². The molecule has 0 N–H and O–H groups in total. The maximum atomic E-state index is 2.59. The van der Waals surface area contributed by atoms with Crippen molar-refractivity contribution in [3.05, 3.63) is 0 Å². The van der Waals surface area contributed by atoms with Gasteiger partial charge in [0.15, 0.2) is 0 Å². The van der Waals surface area contributed by atoms with E-state index >= 15 is 0 Å². The van der Waals surface area contributed by atoms with Gasteiger partial charge in [-0.05, 0) is 57.5 Å². The number of hydrogen-bond acceptors (Lipinski definition) is 1. The van der Waals surface area contributed by atoms with E-state index in [0.29, 0.717) is 5.41 Å². The minimum absolute atomic E-state index is 0.618. The summed E-state index contributed by atoms with van der Waals surface area (Å²) in [6, 6.07) is 0.881. The van der Waals surface area contributed by atoms with Gasteiger partial charge in [-0.3, -0.25) is 0 Å². The molecule has 1 heteroatoms. The van der Waals surface area contributed by atoms with E-state index < -0.39 is 0 Å². The lowest BCUT2D eigenvalue weighted by molar-refractivity contribution is 0.194. The Labute approximate surface area is 128 Å². The first-order chi connectivity index (χ1) is 9.61. The van der Waals surface area contributed by atoms with Crippen molar-refractivity contribution in [2.24, 2.45) is 5.41 Å². The number of rotatable bonds is 11. The number of nitrogens with zero attached hydrogens (tertiary/aromatic N) is 1. The van der Waals surface area contributed by atoms with Gasteiger partial charge in [0.05, 0.1) is 0 Å². The second-order valence-electron chi connectivity index (χ2n) is 7.54. The molecule has 0 spiro atoms. The fourth-order valence-corrected chi connectivity index (χ4v) is 3.82. The van der Waals surface area contributed by atoms with E-state index in [1.807, 2.05) is 0 Å². The molecule has 1 aliphatic heterocycles. The Hall–Kier alpha value is -0.0400. The van der Waals surface area contributed by atoms with Gasteiger partial charge in [0.2, 0.25) is 0 Å². The molecule has 0 aromatic carbocycles. The van der Waals surface area contributed by atoms with Gasteiger partial charge >= 0.3 is 0 Å². The van der Waals surface area contributed by atoms with Crippen molar-refractivity contribution in [2.75, 3.05) is 13.6 Å². The first-order valence-corrected chi connectivity index (χ1v) is 9.31. The van der Waals surface area contributed by atoms with Crippen LogP contribution in [0.4, 0.5) is 0 Å². The monoisotopic (exact) mass is 281 g/mol. The third-order valence-corrected chi connectivity index (χ3v) is 5.52. The van der Waals surface area contributed by atoms with Crippen LogP contribution in [-0.4, -0.2) is 24.5 Å². The number of unbranched alkanes of at least 4 members (excludes halogenated alkanes) is 4. The van der Waals surface area contributed by atoms with Crippen molar-refractivity contribution in [3.8, 4) is 0 Å². The Kier molecular flexibility index (Phi) is 8.84. The lowest BCUT2D eigenvalue weighted by Gasteiger charge is -2.32. The second-order valence-corrected chi connectivity index (χ2v) is 7.54. The minimum Gasteiger partial charge on any atom is -0.303 e. The van der Waals surface area contributed by atoms with E-state index in [2.05, 4.69) is 32.7 Å². The van der Waals surface area contributed by atoms with Crippen molar-refractivity contribution >= 4 is 0 Å². The molecule has 1 saturated heterocycles. The molecule has 1 rings (SSSR count). The highest BCUT2D eigenvalue weighted by Gasteiger charge is 2.27. The maximum absolute atomic E-state index is 2.59. The van der Waals surface area contributed by atoms with Gasteiger partial charge in [-0.1, -0.05) is 59.3 Å². The normalized spacial score (nSPS) is 23.1. The molecule has 1 heterocycles. The van der Waals surface area contributed by atoms with Crippen molar-refractivity contribution in [1.29, 1.82) is 0 Å². The van der Waals surface area contributed by atoms with Crippen molar-refractivity contribution in [3.63, 3.8) is 0 Å². The summed E-state index contributed by atoms with van der Waals surface area (Å²) in [5.74, 6) is 0. The Morgan fingerprint density at radius 2 is 1.65 bits per heavy atom. The Balaban J connectivity index is 2.36. The van der Waals surface area contributed by atoms with Crippen LogP contribution in [0.25, 0.3) is 0 Å². The topological polar surface area (TPSA) is 3.24 Å². The summed E-state index contributed by atoms with van der Waals surface area (Å²) in [4.78, 5) is 2.59. The summed E-state index contributed by atoms with van der Waals surface area (Å²) < 4.78 is 0. The van der Waals surface area contributed by atoms with E-state index in [1.165, 1.54) is 83.6 Å². The molecule has 0 radical (unpaired) electrons. The summed E-state index contributed by atoms with van der Waals surface area (Å²) in [5, 5.41) is 0. The zero-order valence-electron chi connectivity index (χ0n) is 14.7. The van der Waals surface area contributed by atoms with Crippen LogP contribution in [0.5, 0.6) is 0 Å². The standard InChI is InChI=1S/C19H39N/c1-5-7-9-10-15-19(3,14-8-6-2)16-13-18-12-11-17-20(18)4/h18H,5-17H2,1-4H3. The third kappa shape index (κ3) is 6.61. The number of hydrogen-bond donors (Lipinski definition) is 0. The van der Waals surface area contributed by atoms with Crippen LogP contribution < -0.4 is 0 Å². The van der Waals surface area contributed by atoms with Crippen LogP contribution in [0.3, 0.4) is 0 Å². The average Bonchev–Trinajstić information content (AvgIpc) is 2.85. The predicted octanol–water partition coefficient (Wildman–Crippen LogP) is 6.03. The largest absolute Gasteiger partial charge is 0.303 e. The summed E-state index contributed by atoms with van der Waals surface area (Å²) in [6.07, 6.45) is 17.1. The quantitative estimate of drug-likeness (QED) is 0.418. The molecule has 0 aromatic heterocycles. The van der Waals surface area contributed by atoms with Gasteiger partial charge in [-0.2, -0.15) is 0 Å². The first kappa shape index (κ1) is 18.0. The van der Waals surface area contributed by atoms with Gasteiger partial charge in [-0.15, -0.1) is 0 Å². The fraction of sp³-hybridized carbons (Fsp3) is 1.00. The lowest BCUT2D eigenvalue weighted by Crippen LogP contribution is -2.27. The Bertz CT molecular complexity index is 238. The van der Waals surface area contributed by atoms with E-state index in [-0.39, 0.29) is 0 Å². The molecular weight excluding hydrogens is 242 g/mol. The molecule has 0 amide bonds. The molecule has 20 heavy (non-hydrogen) atoms. The summed E-state index contributed by atoms with van der Waals surface area (Å²) in [6.45, 7) is 8.55. The smallest absolute Gasteiger partial charge is 0.00928 e. The highest BCUT2D eigenvalue weighted by molar-refractivity contribution is 4.81. The molecule has 0 bridgehead atoms. The Morgan fingerprint density at radius 1 is 0.950 bits per heavy atom. The number of likely N-dealkylation sites (tertiary alicyclic amines) is 1. The molecule has 0 aliphatic carbocycles. The molecular formula is C19H39N. The highest BCUT2D eigenvalue weighted by Crippen LogP contribution is 2.37.